The molecule has 5 rings (SSSR count). The van der Waals surface area contributed by atoms with Crippen LogP contribution in [0.2, 0.25) is 0 Å². The number of anilines is 1. The van der Waals surface area contributed by atoms with E-state index in [2.05, 4.69) is 4.90 Å². The first-order valence-electron chi connectivity index (χ1n) is 12.7. The molecule has 4 aromatic rings. The van der Waals surface area contributed by atoms with Crippen molar-refractivity contribution in [2.45, 2.75) is 6.92 Å². The van der Waals surface area contributed by atoms with E-state index in [1.54, 1.807) is 30.0 Å². The van der Waals surface area contributed by atoms with Crippen LogP contribution in [-0.2, 0) is 0 Å². The summed E-state index contributed by atoms with van der Waals surface area (Å²) in [6.07, 6.45) is 0. The van der Waals surface area contributed by atoms with E-state index in [0.717, 1.165) is 17.0 Å². The van der Waals surface area contributed by atoms with E-state index < -0.39 is 4.92 Å². The van der Waals surface area contributed by atoms with Gasteiger partial charge in [-0.2, -0.15) is 5.10 Å². The van der Waals surface area contributed by atoms with Gasteiger partial charge in [0.1, 0.15) is 17.2 Å². The van der Waals surface area contributed by atoms with Gasteiger partial charge in [-0.25, -0.2) is 4.68 Å². The number of non-ortho nitro benzene ring substituents is 1. The summed E-state index contributed by atoms with van der Waals surface area (Å²) in [6.45, 7) is 4.92. The second kappa shape index (κ2) is 11.3. The van der Waals surface area contributed by atoms with E-state index in [-0.39, 0.29) is 11.6 Å². The minimum absolute atomic E-state index is 0.0300. The number of aromatic nitrogens is 2. The number of hydrogen-bond donors (Lipinski definition) is 0. The van der Waals surface area contributed by atoms with E-state index in [9.17, 15) is 14.9 Å². The highest BCUT2D eigenvalue weighted by molar-refractivity contribution is 5.94. The number of ether oxygens (including phenoxy) is 2. The Bertz CT molecular complexity index is 1460. The van der Waals surface area contributed by atoms with Crippen LogP contribution in [0.5, 0.6) is 11.5 Å². The molecule has 0 radical (unpaired) electrons. The molecule has 200 valence electrons. The second-order valence-corrected chi connectivity index (χ2v) is 9.01. The molecule has 3 aromatic carbocycles. The van der Waals surface area contributed by atoms with E-state index >= 15 is 0 Å². The number of piperazine rings is 1. The number of methoxy groups -OCH3 is 1. The molecule has 0 spiro atoms. The van der Waals surface area contributed by atoms with Crippen LogP contribution in [-0.4, -0.2) is 65.4 Å². The highest BCUT2D eigenvalue weighted by Crippen LogP contribution is 2.30. The van der Waals surface area contributed by atoms with Gasteiger partial charge in [0.2, 0.25) is 0 Å². The number of nitro groups is 1. The molecule has 10 nitrogen and oxygen atoms in total. The summed E-state index contributed by atoms with van der Waals surface area (Å²) in [5, 5.41) is 15.9. The predicted molar refractivity (Wildman–Crippen MR) is 148 cm³/mol. The average molecular weight is 528 g/mol. The smallest absolute Gasteiger partial charge is 0.272 e. The van der Waals surface area contributed by atoms with Crippen LogP contribution in [0.3, 0.4) is 0 Å². The zero-order valence-electron chi connectivity index (χ0n) is 21.8. The van der Waals surface area contributed by atoms with E-state index in [1.807, 2.05) is 60.4 Å². The minimum atomic E-state index is -0.453. The zero-order valence-corrected chi connectivity index (χ0v) is 21.8. The first-order chi connectivity index (χ1) is 19.0. The SMILES string of the molecule is CCOc1ccccc1N1CCN(C(=O)c2cc(-c3ccc(OC)cc3)nn2-c2ccc([N+](=O)[O-])cc2)CC1. The van der Waals surface area contributed by atoms with Crippen LogP contribution < -0.4 is 14.4 Å². The molecular formula is C29H29N5O5. The van der Waals surface area contributed by atoms with Crippen molar-refractivity contribution < 1.29 is 19.2 Å². The molecule has 2 heterocycles. The molecule has 1 fully saturated rings. The van der Waals surface area contributed by atoms with Crippen LogP contribution in [0.15, 0.2) is 78.9 Å². The molecule has 1 aliphatic heterocycles. The summed E-state index contributed by atoms with van der Waals surface area (Å²) in [5.41, 5.74) is 3.37. The molecule has 0 atom stereocenters. The Hall–Kier alpha value is -4.86. The van der Waals surface area contributed by atoms with Gasteiger partial charge in [-0.3, -0.25) is 14.9 Å². The summed E-state index contributed by atoms with van der Waals surface area (Å²) in [5.74, 6) is 1.40. The first kappa shape index (κ1) is 25.8. The quantitative estimate of drug-likeness (QED) is 0.239. The van der Waals surface area contributed by atoms with Crippen LogP contribution in [0.25, 0.3) is 16.9 Å². The normalized spacial score (nSPS) is 13.3. The molecule has 1 saturated heterocycles. The number of carbonyl (C=O) groups excluding carboxylic acids is 1. The molecule has 10 heteroatoms. The van der Waals surface area contributed by atoms with Crippen molar-refractivity contribution in [1.82, 2.24) is 14.7 Å². The molecule has 0 aliphatic carbocycles. The summed E-state index contributed by atoms with van der Waals surface area (Å²) in [4.78, 5) is 28.6. The van der Waals surface area contributed by atoms with Gasteiger partial charge >= 0.3 is 0 Å². The summed E-state index contributed by atoms with van der Waals surface area (Å²) in [6, 6.07) is 23.1. The fourth-order valence-corrected chi connectivity index (χ4v) is 4.66. The predicted octanol–water partition coefficient (Wildman–Crippen LogP) is 4.82. The minimum Gasteiger partial charge on any atom is -0.497 e. The zero-order chi connectivity index (χ0) is 27.4. The van der Waals surface area contributed by atoms with Crippen molar-refractivity contribution >= 4 is 17.3 Å². The van der Waals surface area contributed by atoms with E-state index in [4.69, 9.17) is 14.6 Å². The molecular weight excluding hydrogens is 498 g/mol. The number of nitro benzene ring substituents is 1. The molecule has 0 bridgehead atoms. The maximum absolute atomic E-state index is 13.8. The fraction of sp³-hybridized carbons (Fsp3) is 0.241. The van der Waals surface area contributed by atoms with Crippen LogP contribution in [0.1, 0.15) is 17.4 Å². The van der Waals surface area contributed by atoms with Crippen molar-refractivity contribution in [3.8, 4) is 28.4 Å². The Morgan fingerprint density at radius 1 is 0.974 bits per heavy atom. The topological polar surface area (TPSA) is 103 Å². The third-order valence-electron chi connectivity index (χ3n) is 6.69. The van der Waals surface area contributed by atoms with Gasteiger partial charge in [-0.15, -0.1) is 0 Å². The maximum atomic E-state index is 13.8. The van der Waals surface area contributed by atoms with Crippen molar-refractivity contribution in [3.63, 3.8) is 0 Å². The Kier molecular flexibility index (Phi) is 7.44. The molecule has 39 heavy (non-hydrogen) atoms. The van der Waals surface area contributed by atoms with Gasteiger partial charge in [0.05, 0.1) is 35.7 Å². The number of rotatable bonds is 8. The highest BCUT2D eigenvalue weighted by Gasteiger charge is 2.27. The monoisotopic (exact) mass is 527 g/mol. The molecule has 0 N–H and O–H groups in total. The first-order valence-corrected chi connectivity index (χ1v) is 12.7. The Morgan fingerprint density at radius 2 is 1.67 bits per heavy atom. The van der Waals surface area contributed by atoms with Gasteiger partial charge < -0.3 is 19.3 Å². The third-order valence-corrected chi connectivity index (χ3v) is 6.69. The Morgan fingerprint density at radius 3 is 2.31 bits per heavy atom. The number of carbonyl (C=O) groups is 1. The van der Waals surface area contributed by atoms with Gasteiger partial charge in [0, 0.05) is 43.9 Å². The molecule has 0 saturated carbocycles. The summed E-state index contributed by atoms with van der Waals surface area (Å²) in [7, 11) is 1.60. The molecule has 1 amide bonds. The van der Waals surface area contributed by atoms with E-state index in [0.29, 0.717) is 55.6 Å². The van der Waals surface area contributed by atoms with Crippen LogP contribution >= 0.6 is 0 Å². The molecule has 0 unspecified atom stereocenters. The third kappa shape index (κ3) is 5.40. The van der Waals surface area contributed by atoms with Crippen molar-refractivity contribution in [3.05, 3.63) is 94.7 Å². The standard InChI is InChI=1S/C29H29N5O5/c1-3-39-28-7-5-4-6-26(28)31-16-18-32(19-17-31)29(35)27-20-25(21-8-14-24(38-2)15-9-21)30-33(27)22-10-12-23(13-11-22)34(36)37/h4-15,20H,3,16-19H2,1-2H3. The van der Waals surface area contributed by atoms with Gasteiger partial charge in [0.15, 0.2) is 0 Å². The fourth-order valence-electron chi connectivity index (χ4n) is 4.66. The lowest BCUT2D eigenvalue weighted by Gasteiger charge is -2.36. The lowest BCUT2D eigenvalue weighted by Crippen LogP contribution is -2.49. The van der Waals surface area contributed by atoms with Gasteiger partial charge in [0.25, 0.3) is 11.6 Å². The number of benzene rings is 3. The Labute approximate surface area is 226 Å². The number of amides is 1. The molecule has 1 aliphatic rings. The maximum Gasteiger partial charge on any atom is 0.272 e. The summed E-state index contributed by atoms with van der Waals surface area (Å²) >= 11 is 0. The largest absolute Gasteiger partial charge is 0.497 e. The lowest BCUT2D eigenvalue weighted by molar-refractivity contribution is -0.384. The van der Waals surface area contributed by atoms with Crippen molar-refractivity contribution in [2.24, 2.45) is 0 Å². The van der Waals surface area contributed by atoms with Crippen molar-refractivity contribution in [1.29, 1.82) is 0 Å². The number of hydrogen-bond acceptors (Lipinski definition) is 7. The van der Waals surface area contributed by atoms with E-state index in [1.165, 1.54) is 12.1 Å². The lowest BCUT2D eigenvalue weighted by atomic mass is 10.1. The average Bonchev–Trinajstić information content (AvgIpc) is 3.43. The second-order valence-electron chi connectivity index (χ2n) is 9.01. The summed E-state index contributed by atoms with van der Waals surface area (Å²) < 4.78 is 12.6. The number of nitrogens with zero attached hydrogens (tertiary/aromatic N) is 5. The highest BCUT2D eigenvalue weighted by atomic mass is 16.6. The number of para-hydroxylation sites is 2. The molecule has 1 aromatic heterocycles. The van der Waals surface area contributed by atoms with Gasteiger partial charge in [-0.1, -0.05) is 12.1 Å². The Balaban J connectivity index is 1.42. The van der Waals surface area contributed by atoms with Gasteiger partial charge in [-0.05, 0) is 61.5 Å². The van der Waals surface area contributed by atoms with Crippen LogP contribution in [0, 0.1) is 10.1 Å². The van der Waals surface area contributed by atoms with Crippen LogP contribution in [0.4, 0.5) is 11.4 Å². The van der Waals surface area contributed by atoms with Crippen molar-refractivity contribution in [2.75, 3.05) is 44.8 Å².